The van der Waals surface area contributed by atoms with Crippen molar-refractivity contribution in [2.24, 2.45) is 0 Å². The molecule has 4 heteroatoms. The van der Waals surface area contributed by atoms with Gasteiger partial charge >= 0.3 is 0 Å². The highest BCUT2D eigenvalue weighted by atomic mass is 16.5. The van der Waals surface area contributed by atoms with Gasteiger partial charge in [-0.1, -0.05) is 0 Å². The maximum Gasteiger partial charge on any atom is 0.105 e. The molecule has 0 saturated heterocycles. The molecule has 1 fully saturated rings. The number of ether oxygens (including phenoxy) is 1. The average Bonchev–Trinajstić information content (AvgIpc) is 2.96. The van der Waals surface area contributed by atoms with Crippen LogP contribution in [0.25, 0.3) is 0 Å². The molecule has 1 heterocycles. The zero-order valence-electron chi connectivity index (χ0n) is 9.44. The molecule has 0 aromatic carbocycles. The SMILES string of the molecule is COCC(CNC1CC1)n1ccnc1C. The number of hydrogen-bond donors (Lipinski definition) is 1. The van der Waals surface area contributed by atoms with E-state index < -0.39 is 0 Å². The Kier molecular flexibility index (Phi) is 3.38. The quantitative estimate of drug-likeness (QED) is 0.763. The van der Waals surface area contributed by atoms with E-state index in [-0.39, 0.29) is 0 Å². The summed E-state index contributed by atoms with van der Waals surface area (Å²) in [5, 5.41) is 3.53. The highest BCUT2D eigenvalue weighted by Gasteiger charge is 2.22. The maximum absolute atomic E-state index is 5.25. The second-order valence-corrected chi connectivity index (χ2v) is 4.17. The molecule has 0 amide bonds. The summed E-state index contributed by atoms with van der Waals surface area (Å²) in [7, 11) is 1.75. The number of nitrogens with one attached hydrogen (secondary N) is 1. The Hall–Kier alpha value is -0.870. The van der Waals surface area contributed by atoms with Crippen LogP contribution in [-0.2, 0) is 4.74 Å². The zero-order valence-corrected chi connectivity index (χ0v) is 9.44. The Balaban J connectivity index is 1.94. The normalized spacial score (nSPS) is 18.0. The molecule has 2 rings (SSSR count). The molecule has 0 aliphatic heterocycles. The van der Waals surface area contributed by atoms with Crippen molar-refractivity contribution in [1.82, 2.24) is 14.9 Å². The minimum Gasteiger partial charge on any atom is -0.382 e. The lowest BCUT2D eigenvalue weighted by Crippen LogP contribution is -2.30. The van der Waals surface area contributed by atoms with Crippen LogP contribution >= 0.6 is 0 Å². The predicted octanol–water partition coefficient (Wildman–Crippen LogP) is 1.13. The zero-order chi connectivity index (χ0) is 10.7. The van der Waals surface area contributed by atoms with E-state index in [2.05, 4.69) is 14.9 Å². The van der Waals surface area contributed by atoms with Crippen LogP contribution in [0.2, 0.25) is 0 Å². The Morgan fingerprint density at radius 2 is 2.47 bits per heavy atom. The molecule has 1 aliphatic carbocycles. The highest BCUT2D eigenvalue weighted by molar-refractivity contribution is 4.94. The van der Waals surface area contributed by atoms with Gasteiger partial charge in [-0.25, -0.2) is 4.98 Å². The summed E-state index contributed by atoms with van der Waals surface area (Å²) in [4.78, 5) is 4.24. The van der Waals surface area contributed by atoms with E-state index in [1.165, 1.54) is 12.8 Å². The fourth-order valence-electron chi connectivity index (χ4n) is 1.79. The summed E-state index contributed by atoms with van der Waals surface area (Å²) in [5.41, 5.74) is 0. The Morgan fingerprint density at radius 1 is 1.67 bits per heavy atom. The van der Waals surface area contributed by atoms with Crippen LogP contribution in [0.15, 0.2) is 12.4 Å². The molecule has 1 aromatic rings. The van der Waals surface area contributed by atoms with Gasteiger partial charge in [0.1, 0.15) is 5.82 Å². The van der Waals surface area contributed by atoms with E-state index in [4.69, 9.17) is 4.74 Å². The van der Waals surface area contributed by atoms with Gasteiger partial charge in [0.2, 0.25) is 0 Å². The topological polar surface area (TPSA) is 39.1 Å². The van der Waals surface area contributed by atoms with E-state index in [1.54, 1.807) is 7.11 Å². The summed E-state index contributed by atoms with van der Waals surface area (Å²) < 4.78 is 7.43. The number of aromatic nitrogens is 2. The molecule has 1 saturated carbocycles. The molecule has 1 atom stereocenters. The van der Waals surface area contributed by atoms with Gasteiger partial charge in [-0.05, 0) is 19.8 Å². The van der Waals surface area contributed by atoms with Crippen molar-refractivity contribution in [3.8, 4) is 0 Å². The van der Waals surface area contributed by atoms with E-state index >= 15 is 0 Å². The van der Waals surface area contributed by atoms with Gasteiger partial charge in [0.15, 0.2) is 0 Å². The number of hydrogen-bond acceptors (Lipinski definition) is 3. The molecule has 1 aromatic heterocycles. The van der Waals surface area contributed by atoms with Crippen LogP contribution in [0.1, 0.15) is 24.7 Å². The van der Waals surface area contributed by atoms with Gasteiger partial charge in [0, 0.05) is 32.1 Å². The summed E-state index contributed by atoms with van der Waals surface area (Å²) in [5.74, 6) is 1.05. The number of nitrogens with zero attached hydrogens (tertiary/aromatic N) is 2. The van der Waals surface area contributed by atoms with Gasteiger partial charge in [-0.2, -0.15) is 0 Å². The smallest absolute Gasteiger partial charge is 0.105 e. The molecular weight excluding hydrogens is 190 g/mol. The van der Waals surface area contributed by atoms with Crippen LogP contribution in [0, 0.1) is 6.92 Å². The molecule has 15 heavy (non-hydrogen) atoms. The monoisotopic (exact) mass is 209 g/mol. The highest BCUT2D eigenvalue weighted by Crippen LogP contribution is 2.19. The van der Waals surface area contributed by atoms with Crippen LogP contribution in [0.4, 0.5) is 0 Å². The van der Waals surface area contributed by atoms with Crippen molar-refractivity contribution in [3.63, 3.8) is 0 Å². The molecule has 0 radical (unpaired) electrons. The third kappa shape index (κ3) is 2.79. The van der Waals surface area contributed by atoms with Crippen LogP contribution in [-0.4, -0.2) is 35.9 Å². The lowest BCUT2D eigenvalue weighted by molar-refractivity contribution is 0.152. The lowest BCUT2D eigenvalue weighted by atomic mass is 10.3. The van der Waals surface area contributed by atoms with E-state index in [1.807, 2.05) is 19.3 Å². The lowest BCUT2D eigenvalue weighted by Gasteiger charge is -2.19. The fourth-order valence-corrected chi connectivity index (χ4v) is 1.79. The van der Waals surface area contributed by atoms with Crippen molar-refractivity contribution < 1.29 is 4.74 Å². The molecular formula is C11H19N3O. The third-order valence-electron chi connectivity index (χ3n) is 2.83. The van der Waals surface area contributed by atoms with Crippen molar-refractivity contribution in [2.45, 2.75) is 31.8 Å². The molecule has 0 bridgehead atoms. The molecule has 1 aliphatic rings. The molecule has 84 valence electrons. The number of methoxy groups -OCH3 is 1. The third-order valence-corrected chi connectivity index (χ3v) is 2.83. The largest absolute Gasteiger partial charge is 0.382 e. The average molecular weight is 209 g/mol. The van der Waals surface area contributed by atoms with Crippen LogP contribution < -0.4 is 5.32 Å². The van der Waals surface area contributed by atoms with E-state index in [0.29, 0.717) is 6.04 Å². The van der Waals surface area contributed by atoms with Crippen molar-refractivity contribution in [2.75, 3.05) is 20.3 Å². The van der Waals surface area contributed by atoms with Gasteiger partial charge in [-0.3, -0.25) is 0 Å². The Morgan fingerprint density at radius 3 is 3.00 bits per heavy atom. The van der Waals surface area contributed by atoms with Gasteiger partial charge in [0.05, 0.1) is 12.6 Å². The van der Waals surface area contributed by atoms with Gasteiger partial charge < -0.3 is 14.6 Å². The van der Waals surface area contributed by atoms with Crippen LogP contribution in [0.3, 0.4) is 0 Å². The number of imidazole rings is 1. The first-order valence-corrected chi connectivity index (χ1v) is 5.53. The second-order valence-electron chi connectivity index (χ2n) is 4.17. The number of rotatable bonds is 6. The Labute approximate surface area is 90.6 Å². The molecule has 1 N–H and O–H groups in total. The van der Waals surface area contributed by atoms with Crippen LogP contribution in [0.5, 0.6) is 0 Å². The first-order valence-electron chi connectivity index (χ1n) is 5.53. The summed E-state index contributed by atoms with van der Waals surface area (Å²) in [6.45, 7) is 3.73. The van der Waals surface area contributed by atoms with Crippen molar-refractivity contribution in [3.05, 3.63) is 18.2 Å². The van der Waals surface area contributed by atoms with Gasteiger partial charge in [0.25, 0.3) is 0 Å². The van der Waals surface area contributed by atoms with E-state index in [9.17, 15) is 0 Å². The van der Waals surface area contributed by atoms with Crippen molar-refractivity contribution >= 4 is 0 Å². The summed E-state index contributed by atoms with van der Waals surface area (Å²) in [6, 6.07) is 1.10. The minimum absolute atomic E-state index is 0.359. The first-order chi connectivity index (χ1) is 7.31. The molecule has 1 unspecified atom stereocenters. The predicted molar refractivity (Wildman–Crippen MR) is 58.9 cm³/mol. The maximum atomic E-state index is 5.25. The second kappa shape index (κ2) is 4.77. The van der Waals surface area contributed by atoms with E-state index in [0.717, 1.165) is 25.0 Å². The Bertz CT molecular complexity index is 307. The number of aryl methyl sites for hydroxylation is 1. The summed E-state index contributed by atoms with van der Waals surface area (Å²) >= 11 is 0. The standard InChI is InChI=1S/C11H19N3O/c1-9-12-5-6-14(9)11(8-15-2)7-13-10-3-4-10/h5-6,10-11,13H,3-4,7-8H2,1-2H3. The fraction of sp³-hybridized carbons (Fsp3) is 0.727. The van der Waals surface area contributed by atoms with Crippen molar-refractivity contribution in [1.29, 1.82) is 0 Å². The minimum atomic E-state index is 0.359. The summed E-state index contributed by atoms with van der Waals surface area (Å²) in [6.07, 6.45) is 6.51. The van der Waals surface area contributed by atoms with Gasteiger partial charge in [-0.15, -0.1) is 0 Å². The molecule has 0 spiro atoms. The molecule has 4 nitrogen and oxygen atoms in total. The first kappa shape index (κ1) is 10.6.